The van der Waals surface area contributed by atoms with Crippen LogP contribution >= 0.6 is 0 Å². The minimum absolute atomic E-state index is 0.178. The highest BCUT2D eigenvalue weighted by Crippen LogP contribution is 2.27. The molecule has 1 heterocycles. The number of rotatable bonds is 5. The zero-order chi connectivity index (χ0) is 15.2. The third-order valence-corrected chi connectivity index (χ3v) is 3.11. The number of benzene rings is 1. The molecule has 0 aliphatic carbocycles. The van der Waals surface area contributed by atoms with Crippen LogP contribution in [-0.4, -0.2) is 31.6 Å². The topological polar surface area (TPSA) is 54.5 Å². The SMILES string of the molecule is CCNc1ccc(C(=O)N(C)c2ccccc2OC)nc1. The maximum absolute atomic E-state index is 12.5. The van der Waals surface area contributed by atoms with E-state index in [9.17, 15) is 4.79 Å². The summed E-state index contributed by atoms with van der Waals surface area (Å²) in [6.45, 7) is 2.82. The third kappa shape index (κ3) is 3.31. The highest BCUT2D eigenvalue weighted by Gasteiger charge is 2.17. The maximum atomic E-state index is 12.5. The number of hydrogen-bond acceptors (Lipinski definition) is 4. The molecular weight excluding hydrogens is 266 g/mol. The van der Waals surface area contributed by atoms with E-state index in [0.717, 1.165) is 12.2 Å². The summed E-state index contributed by atoms with van der Waals surface area (Å²) < 4.78 is 5.28. The summed E-state index contributed by atoms with van der Waals surface area (Å²) in [4.78, 5) is 18.2. The first-order chi connectivity index (χ1) is 10.2. The largest absolute Gasteiger partial charge is 0.495 e. The first-order valence-corrected chi connectivity index (χ1v) is 6.78. The van der Waals surface area contributed by atoms with Crippen LogP contribution in [0, 0.1) is 0 Å². The Morgan fingerprint density at radius 2 is 2.05 bits per heavy atom. The lowest BCUT2D eigenvalue weighted by Gasteiger charge is -2.19. The van der Waals surface area contributed by atoms with Gasteiger partial charge in [-0.05, 0) is 31.2 Å². The maximum Gasteiger partial charge on any atom is 0.276 e. The average Bonchev–Trinajstić information content (AvgIpc) is 2.54. The van der Waals surface area contributed by atoms with Crippen molar-refractivity contribution in [2.45, 2.75) is 6.92 Å². The molecule has 1 aromatic carbocycles. The van der Waals surface area contributed by atoms with Gasteiger partial charge < -0.3 is 15.0 Å². The van der Waals surface area contributed by atoms with Crippen molar-refractivity contribution in [3.05, 3.63) is 48.3 Å². The zero-order valence-corrected chi connectivity index (χ0v) is 12.5. The molecule has 0 atom stereocenters. The Hall–Kier alpha value is -2.56. The van der Waals surface area contributed by atoms with Gasteiger partial charge in [-0.15, -0.1) is 0 Å². The van der Waals surface area contributed by atoms with E-state index in [0.29, 0.717) is 17.1 Å². The number of pyridine rings is 1. The van der Waals surface area contributed by atoms with E-state index in [1.54, 1.807) is 26.4 Å². The van der Waals surface area contributed by atoms with E-state index in [2.05, 4.69) is 10.3 Å². The lowest BCUT2D eigenvalue weighted by atomic mass is 10.2. The molecule has 1 aromatic heterocycles. The van der Waals surface area contributed by atoms with Gasteiger partial charge in [0, 0.05) is 13.6 Å². The summed E-state index contributed by atoms with van der Waals surface area (Å²) in [6, 6.07) is 10.9. The molecular formula is C16H19N3O2. The average molecular weight is 285 g/mol. The van der Waals surface area contributed by atoms with Gasteiger partial charge >= 0.3 is 0 Å². The van der Waals surface area contributed by atoms with Crippen LogP contribution in [0.1, 0.15) is 17.4 Å². The van der Waals surface area contributed by atoms with Gasteiger partial charge in [0.05, 0.1) is 24.7 Å². The number of para-hydroxylation sites is 2. The fourth-order valence-electron chi connectivity index (χ4n) is 2.02. The van der Waals surface area contributed by atoms with Crippen molar-refractivity contribution >= 4 is 17.3 Å². The molecule has 110 valence electrons. The monoisotopic (exact) mass is 285 g/mol. The van der Waals surface area contributed by atoms with Crippen molar-refractivity contribution in [1.82, 2.24) is 4.98 Å². The lowest BCUT2D eigenvalue weighted by molar-refractivity contribution is 0.0987. The second-order valence-corrected chi connectivity index (χ2v) is 4.50. The van der Waals surface area contributed by atoms with Crippen molar-refractivity contribution < 1.29 is 9.53 Å². The molecule has 0 fully saturated rings. The van der Waals surface area contributed by atoms with E-state index in [1.165, 1.54) is 4.90 Å². The smallest absolute Gasteiger partial charge is 0.276 e. The summed E-state index contributed by atoms with van der Waals surface area (Å²) in [5.41, 5.74) is 2.00. The van der Waals surface area contributed by atoms with Gasteiger partial charge in [0.1, 0.15) is 11.4 Å². The van der Waals surface area contributed by atoms with Crippen LogP contribution in [0.3, 0.4) is 0 Å². The first kappa shape index (κ1) is 14.8. The fraction of sp³-hybridized carbons (Fsp3) is 0.250. The molecule has 5 heteroatoms. The van der Waals surface area contributed by atoms with E-state index in [1.807, 2.05) is 37.3 Å². The predicted octanol–water partition coefficient (Wildman–Crippen LogP) is 2.80. The number of nitrogens with zero attached hydrogens (tertiary/aromatic N) is 2. The first-order valence-electron chi connectivity index (χ1n) is 6.78. The Morgan fingerprint density at radius 1 is 1.29 bits per heavy atom. The highest BCUT2D eigenvalue weighted by molar-refractivity contribution is 6.05. The molecule has 0 unspecified atom stereocenters. The van der Waals surface area contributed by atoms with Crippen molar-refractivity contribution in [1.29, 1.82) is 0 Å². The second kappa shape index (κ2) is 6.74. The molecule has 1 N–H and O–H groups in total. The fourth-order valence-corrected chi connectivity index (χ4v) is 2.02. The molecule has 0 saturated carbocycles. The number of aromatic nitrogens is 1. The number of ether oxygens (including phenoxy) is 1. The summed E-state index contributed by atoms with van der Waals surface area (Å²) in [5.74, 6) is 0.472. The highest BCUT2D eigenvalue weighted by atomic mass is 16.5. The van der Waals surface area contributed by atoms with Crippen LogP contribution in [0.5, 0.6) is 5.75 Å². The molecule has 0 saturated heterocycles. The van der Waals surface area contributed by atoms with Gasteiger partial charge in [-0.2, -0.15) is 0 Å². The number of methoxy groups -OCH3 is 1. The summed E-state index contributed by atoms with van der Waals surface area (Å²) in [6.07, 6.45) is 1.66. The standard InChI is InChI=1S/C16H19N3O2/c1-4-17-12-9-10-13(18-11-12)16(20)19(2)14-7-5-6-8-15(14)21-3/h5-11,17H,4H2,1-3H3. The number of carbonyl (C=O) groups excluding carboxylic acids is 1. The van der Waals surface area contributed by atoms with Gasteiger partial charge in [-0.1, -0.05) is 12.1 Å². The third-order valence-electron chi connectivity index (χ3n) is 3.11. The van der Waals surface area contributed by atoms with Crippen molar-refractivity contribution in [2.24, 2.45) is 0 Å². The number of anilines is 2. The van der Waals surface area contributed by atoms with Crippen molar-refractivity contribution in [3.63, 3.8) is 0 Å². The Morgan fingerprint density at radius 3 is 2.67 bits per heavy atom. The molecule has 21 heavy (non-hydrogen) atoms. The van der Waals surface area contributed by atoms with Gasteiger partial charge in [0.15, 0.2) is 0 Å². The van der Waals surface area contributed by atoms with Crippen LogP contribution in [0.25, 0.3) is 0 Å². The second-order valence-electron chi connectivity index (χ2n) is 4.50. The van der Waals surface area contributed by atoms with Gasteiger partial charge in [-0.25, -0.2) is 4.98 Å². The van der Waals surface area contributed by atoms with Gasteiger partial charge in [0.25, 0.3) is 5.91 Å². The number of carbonyl (C=O) groups is 1. The Labute approximate surface area is 124 Å². The molecule has 0 aliphatic rings. The number of amides is 1. The summed E-state index contributed by atoms with van der Waals surface area (Å²) >= 11 is 0. The van der Waals surface area contributed by atoms with Gasteiger partial charge in [-0.3, -0.25) is 4.79 Å². The molecule has 2 rings (SSSR count). The molecule has 0 aliphatic heterocycles. The molecule has 2 aromatic rings. The Kier molecular flexibility index (Phi) is 4.77. The molecule has 1 amide bonds. The van der Waals surface area contributed by atoms with Crippen molar-refractivity contribution in [2.75, 3.05) is 30.9 Å². The van der Waals surface area contributed by atoms with E-state index >= 15 is 0 Å². The van der Waals surface area contributed by atoms with Crippen LogP contribution in [0.15, 0.2) is 42.6 Å². The quantitative estimate of drug-likeness (QED) is 0.917. The number of nitrogens with one attached hydrogen (secondary N) is 1. The van der Waals surface area contributed by atoms with Crippen LogP contribution < -0.4 is 15.0 Å². The van der Waals surface area contributed by atoms with Crippen LogP contribution in [-0.2, 0) is 0 Å². The minimum atomic E-state index is -0.178. The van der Waals surface area contributed by atoms with Crippen LogP contribution in [0.4, 0.5) is 11.4 Å². The van der Waals surface area contributed by atoms with Gasteiger partial charge in [0.2, 0.25) is 0 Å². The molecule has 0 bridgehead atoms. The Bertz CT molecular complexity index is 611. The lowest BCUT2D eigenvalue weighted by Crippen LogP contribution is -2.27. The minimum Gasteiger partial charge on any atom is -0.495 e. The Balaban J connectivity index is 2.22. The van der Waals surface area contributed by atoms with E-state index < -0.39 is 0 Å². The summed E-state index contributed by atoms with van der Waals surface area (Å²) in [7, 11) is 3.29. The van der Waals surface area contributed by atoms with E-state index in [4.69, 9.17) is 4.74 Å². The molecule has 0 spiro atoms. The van der Waals surface area contributed by atoms with Crippen LogP contribution in [0.2, 0.25) is 0 Å². The summed E-state index contributed by atoms with van der Waals surface area (Å²) in [5, 5.41) is 3.15. The van der Waals surface area contributed by atoms with E-state index in [-0.39, 0.29) is 5.91 Å². The zero-order valence-electron chi connectivity index (χ0n) is 12.5. The normalized spacial score (nSPS) is 10.0. The predicted molar refractivity (Wildman–Crippen MR) is 84.1 cm³/mol. The number of hydrogen-bond donors (Lipinski definition) is 1. The molecule has 5 nitrogen and oxygen atoms in total. The van der Waals surface area contributed by atoms with Crippen molar-refractivity contribution in [3.8, 4) is 5.75 Å². The molecule has 0 radical (unpaired) electrons.